The number of methoxy groups -OCH3 is 1. The molecule has 28 heavy (non-hydrogen) atoms. The zero-order chi connectivity index (χ0) is 20.5. The predicted molar refractivity (Wildman–Crippen MR) is 96.8 cm³/mol. The number of hydrogen-bond donors (Lipinski definition) is 1. The van der Waals surface area contributed by atoms with Crippen LogP contribution in [0.25, 0.3) is 0 Å². The van der Waals surface area contributed by atoms with E-state index in [1.165, 1.54) is 19.2 Å². The molecule has 148 valence electrons. The molecule has 1 aromatic carbocycles. The van der Waals surface area contributed by atoms with Gasteiger partial charge in [-0.15, -0.1) is 0 Å². The summed E-state index contributed by atoms with van der Waals surface area (Å²) in [6.45, 7) is 3.63. The molecule has 0 bridgehead atoms. The van der Waals surface area contributed by atoms with Gasteiger partial charge >= 0.3 is 5.97 Å². The lowest BCUT2D eigenvalue weighted by Crippen LogP contribution is -2.29. The highest BCUT2D eigenvalue weighted by Gasteiger charge is 2.15. The number of nitrogens with one attached hydrogen (secondary N) is 1. The van der Waals surface area contributed by atoms with Gasteiger partial charge in [0.1, 0.15) is 12.4 Å². The maximum Gasteiger partial charge on any atom is 0.338 e. The van der Waals surface area contributed by atoms with Gasteiger partial charge in [0.05, 0.1) is 36.4 Å². The summed E-state index contributed by atoms with van der Waals surface area (Å²) in [6.07, 6.45) is 0.187. The van der Waals surface area contributed by atoms with Crippen molar-refractivity contribution in [1.29, 1.82) is 5.26 Å². The summed E-state index contributed by atoms with van der Waals surface area (Å²) in [5.74, 6) is 0.304. The SMILES string of the molecule is COc1cc(C(=O)OCC(=O)NCCC#N)ccc1OCc1c(C)noc1C. The first-order valence-corrected chi connectivity index (χ1v) is 8.49. The molecular formula is C19H21N3O6. The zero-order valence-corrected chi connectivity index (χ0v) is 15.9. The molecule has 1 aromatic heterocycles. The van der Waals surface area contributed by atoms with Crippen LogP contribution in [0.2, 0.25) is 0 Å². The average Bonchev–Trinajstić information content (AvgIpc) is 3.02. The van der Waals surface area contributed by atoms with E-state index in [0.717, 1.165) is 11.3 Å². The Morgan fingerprint density at radius 1 is 1.29 bits per heavy atom. The first kappa shape index (κ1) is 20.8. The third-order valence-electron chi connectivity index (χ3n) is 3.85. The molecule has 2 aromatic rings. The molecule has 0 atom stereocenters. The minimum absolute atomic E-state index is 0.187. The van der Waals surface area contributed by atoms with Crippen molar-refractivity contribution in [3.63, 3.8) is 0 Å². The first-order valence-electron chi connectivity index (χ1n) is 8.49. The summed E-state index contributed by atoms with van der Waals surface area (Å²) in [5, 5.41) is 14.8. The van der Waals surface area contributed by atoms with Crippen LogP contribution in [0.5, 0.6) is 11.5 Å². The van der Waals surface area contributed by atoms with Gasteiger partial charge in [-0.2, -0.15) is 5.26 Å². The predicted octanol–water partition coefficient (Wildman–Crippen LogP) is 2.07. The van der Waals surface area contributed by atoms with Gasteiger partial charge in [0.15, 0.2) is 18.1 Å². The average molecular weight is 387 g/mol. The van der Waals surface area contributed by atoms with E-state index in [0.29, 0.717) is 17.3 Å². The summed E-state index contributed by atoms with van der Waals surface area (Å²) in [7, 11) is 1.45. The molecule has 9 nitrogen and oxygen atoms in total. The van der Waals surface area contributed by atoms with Gasteiger partial charge in [-0.1, -0.05) is 5.16 Å². The van der Waals surface area contributed by atoms with E-state index in [1.54, 1.807) is 13.0 Å². The standard InChI is InChI=1S/C19H21N3O6/c1-12-15(13(2)28-22-12)10-26-16-6-5-14(9-17(16)25-3)19(24)27-11-18(23)21-8-4-7-20/h5-6,9H,4,8,10-11H2,1-3H3,(H,21,23). The number of nitrogens with zero attached hydrogens (tertiary/aromatic N) is 2. The number of aromatic nitrogens is 1. The Balaban J connectivity index is 1.97. The lowest BCUT2D eigenvalue weighted by atomic mass is 10.2. The molecule has 1 heterocycles. The summed E-state index contributed by atoms with van der Waals surface area (Å²) in [5.41, 5.74) is 1.80. The number of ether oxygens (including phenoxy) is 3. The molecule has 0 aliphatic rings. The van der Waals surface area contributed by atoms with Gasteiger partial charge in [-0.05, 0) is 32.0 Å². The third-order valence-corrected chi connectivity index (χ3v) is 3.85. The van der Waals surface area contributed by atoms with Crippen LogP contribution in [0.1, 0.15) is 33.8 Å². The Kier molecular flexibility index (Phi) is 7.39. The van der Waals surface area contributed by atoms with Crippen molar-refractivity contribution in [2.75, 3.05) is 20.3 Å². The molecule has 0 aliphatic heterocycles. The minimum atomic E-state index is -0.675. The third kappa shape index (κ3) is 5.48. The Bertz CT molecular complexity index is 865. The normalized spacial score (nSPS) is 10.1. The molecule has 0 spiro atoms. The topological polar surface area (TPSA) is 124 Å². The summed E-state index contributed by atoms with van der Waals surface area (Å²) in [4.78, 5) is 23.6. The number of amides is 1. The van der Waals surface area contributed by atoms with Crippen LogP contribution in [-0.2, 0) is 16.1 Å². The number of rotatable bonds is 9. The van der Waals surface area contributed by atoms with E-state index in [9.17, 15) is 9.59 Å². The first-order chi connectivity index (χ1) is 13.5. The van der Waals surface area contributed by atoms with Crippen LogP contribution in [0.3, 0.4) is 0 Å². The fourth-order valence-corrected chi connectivity index (χ4v) is 2.29. The number of carbonyl (C=O) groups excluding carboxylic acids is 2. The second-order valence-electron chi connectivity index (χ2n) is 5.79. The molecule has 1 amide bonds. The smallest absolute Gasteiger partial charge is 0.338 e. The fourth-order valence-electron chi connectivity index (χ4n) is 2.29. The van der Waals surface area contributed by atoms with Crippen LogP contribution in [-0.4, -0.2) is 37.3 Å². The van der Waals surface area contributed by atoms with E-state index >= 15 is 0 Å². The Morgan fingerprint density at radius 3 is 2.71 bits per heavy atom. The molecule has 0 radical (unpaired) electrons. The summed E-state index contributed by atoms with van der Waals surface area (Å²) >= 11 is 0. The monoisotopic (exact) mass is 387 g/mol. The highest BCUT2D eigenvalue weighted by Crippen LogP contribution is 2.29. The van der Waals surface area contributed by atoms with E-state index in [-0.39, 0.29) is 25.1 Å². The highest BCUT2D eigenvalue weighted by atomic mass is 16.5. The molecule has 0 saturated heterocycles. The molecule has 1 N–H and O–H groups in total. The summed E-state index contributed by atoms with van der Waals surface area (Å²) in [6, 6.07) is 6.47. The van der Waals surface area contributed by atoms with Crippen molar-refractivity contribution in [2.24, 2.45) is 0 Å². The summed E-state index contributed by atoms with van der Waals surface area (Å²) < 4.78 is 21.1. The van der Waals surface area contributed by atoms with Crippen molar-refractivity contribution >= 4 is 11.9 Å². The van der Waals surface area contributed by atoms with Gasteiger partial charge in [-0.25, -0.2) is 4.79 Å². The van der Waals surface area contributed by atoms with Gasteiger partial charge in [0.25, 0.3) is 5.91 Å². The van der Waals surface area contributed by atoms with E-state index < -0.39 is 18.5 Å². The van der Waals surface area contributed by atoms with Gasteiger partial charge < -0.3 is 24.1 Å². The maximum absolute atomic E-state index is 12.1. The zero-order valence-electron chi connectivity index (χ0n) is 15.9. The van der Waals surface area contributed by atoms with Crippen molar-refractivity contribution in [3.8, 4) is 17.6 Å². The Labute approximate surface area is 162 Å². The van der Waals surface area contributed by atoms with Gasteiger partial charge in [-0.3, -0.25) is 4.79 Å². The Morgan fingerprint density at radius 2 is 2.07 bits per heavy atom. The number of hydrogen-bond acceptors (Lipinski definition) is 8. The number of aryl methyl sites for hydroxylation is 2. The second kappa shape index (κ2) is 9.97. The number of esters is 1. The molecule has 9 heteroatoms. The van der Waals surface area contributed by atoms with Crippen molar-refractivity contribution < 1.29 is 28.3 Å². The number of carbonyl (C=O) groups is 2. The molecular weight excluding hydrogens is 366 g/mol. The van der Waals surface area contributed by atoms with Crippen molar-refractivity contribution in [3.05, 3.63) is 40.8 Å². The largest absolute Gasteiger partial charge is 0.493 e. The van der Waals surface area contributed by atoms with Gasteiger partial charge in [0.2, 0.25) is 0 Å². The quantitative estimate of drug-likeness (QED) is 0.512. The second-order valence-corrected chi connectivity index (χ2v) is 5.79. The van der Waals surface area contributed by atoms with Crippen molar-refractivity contribution in [1.82, 2.24) is 10.5 Å². The molecule has 0 fully saturated rings. The van der Waals surface area contributed by atoms with E-state index in [4.69, 9.17) is 24.0 Å². The highest BCUT2D eigenvalue weighted by molar-refractivity contribution is 5.92. The number of benzene rings is 1. The van der Waals surface area contributed by atoms with Crippen LogP contribution < -0.4 is 14.8 Å². The van der Waals surface area contributed by atoms with E-state index in [1.807, 2.05) is 13.0 Å². The van der Waals surface area contributed by atoms with Crippen LogP contribution in [0.15, 0.2) is 22.7 Å². The lowest BCUT2D eigenvalue weighted by molar-refractivity contribution is -0.124. The lowest BCUT2D eigenvalue weighted by Gasteiger charge is -2.12. The van der Waals surface area contributed by atoms with Crippen LogP contribution >= 0.6 is 0 Å². The molecule has 0 saturated carbocycles. The van der Waals surface area contributed by atoms with Crippen LogP contribution in [0.4, 0.5) is 0 Å². The van der Waals surface area contributed by atoms with Crippen molar-refractivity contribution in [2.45, 2.75) is 26.9 Å². The molecule has 2 rings (SSSR count). The van der Waals surface area contributed by atoms with Gasteiger partial charge in [0, 0.05) is 6.54 Å². The maximum atomic E-state index is 12.1. The van der Waals surface area contributed by atoms with Crippen LogP contribution in [0, 0.1) is 25.2 Å². The Hall–Kier alpha value is -3.54. The number of nitriles is 1. The van der Waals surface area contributed by atoms with E-state index in [2.05, 4.69) is 10.5 Å². The molecule has 0 unspecified atom stereocenters. The minimum Gasteiger partial charge on any atom is -0.493 e. The molecule has 0 aliphatic carbocycles. The fraction of sp³-hybridized carbons (Fsp3) is 0.368.